The lowest BCUT2D eigenvalue weighted by molar-refractivity contribution is -0.0498. The maximum Gasteiger partial charge on any atom is 0.511 e. The molecule has 0 bridgehead atoms. The van der Waals surface area contributed by atoms with Crippen LogP contribution in [0.25, 0.3) is 0 Å². The van der Waals surface area contributed by atoms with Gasteiger partial charge in [-0.2, -0.15) is 17.5 Å². The first-order chi connectivity index (χ1) is 6.64. The Labute approximate surface area is 86.5 Å². The van der Waals surface area contributed by atoms with Crippen LogP contribution in [0.2, 0.25) is 0 Å². The molecule has 2 unspecified atom stereocenters. The van der Waals surface area contributed by atoms with Gasteiger partial charge in [0.25, 0.3) is 0 Å². The second kappa shape index (κ2) is 3.91. The summed E-state index contributed by atoms with van der Waals surface area (Å²) in [6, 6.07) is -0.545. The van der Waals surface area contributed by atoms with Crippen LogP contribution in [0.5, 0.6) is 0 Å². The summed E-state index contributed by atoms with van der Waals surface area (Å²) in [7, 11) is -5.17. The zero-order chi connectivity index (χ0) is 11.9. The van der Waals surface area contributed by atoms with Gasteiger partial charge in [0.05, 0.1) is 0 Å². The Kier molecular flexibility index (Phi) is 3.32. The van der Waals surface area contributed by atoms with E-state index in [-0.39, 0.29) is 25.2 Å². The van der Waals surface area contributed by atoms with E-state index in [0.29, 0.717) is 4.31 Å². The highest BCUT2D eigenvalue weighted by Gasteiger charge is 2.51. The lowest BCUT2D eigenvalue weighted by Gasteiger charge is -2.35. The van der Waals surface area contributed by atoms with Crippen molar-refractivity contribution in [1.82, 2.24) is 9.62 Å². The molecule has 0 aromatic carbocycles. The minimum atomic E-state index is -5.20. The van der Waals surface area contributed by atoms with Crippen molar-refractivity contribution in [3.63, 3.8) is 0 Å². The molecule has 1 saturated heterocycles. The van der Waals surface area contributed by atoms with Gasteiger partial charge in [0.15, 0.2) is 0 Å². The summed E-state index contributed by atoms with van der Waals surface area (Å²) >= 11 is 0. The standard InChI is InChI=1S/C7H13F3N2O2S/c1-5-3-12(4-6(2)11-5)15(13,14)7(8,9)10/h5-6,11H,3-4H2,1-2H3. The lowest BCUT2D eigenvalue weighted by atomic mass is 10.2. The topological polar surface area (TPSA) is 49.4 Å². The van der Waals surface area contributed by atoms with E-state index < -0.39 is 15.5 Å². The van der Waals surface area contributed by atoms with Crippen molar-refractivity contribution in [2.45, 2.75) is 31.4 Å². The molecule has 0 spiro atoms. The molecule has 1 aliphatic heterocycles. The van der Waals surface area contributed by atoms with Gasteiger partial charge in [-0.1, -0.05) is 0 Å². The summed E-state index contributed by atoms with van der Waals surface area (Å²) in [6.07, 6.45) is 0. The molecular formula is C7H13F3N2O2S. The molecule has 15 heavy (non-hydrogen) atoms. The monoisotopic (exact) mass is 246 g/mol. The smallest absolute Gasteiger partial charge is 0.309 e. The summed E-state index contributed by atoms with van der Waals surface area (Å²) < 4.78 is 59.3. The Morgan fingerprint density at radius 2 is 1.60 bits per heavy atom. The number of rotatable bonds is 1. The molecule has 1 aliphatic rings. The summed E-state index contributed by atoms with van der Waals surface area (Å²) in [4.78, 5) is 0. The molecule has 0 aromatic rings. The Hall–Kier alpha value is -0.340. The molecule has 0 saturated carbocycles. The third-order valence-electron chi connectivity index (χ3n) is 2.16. The van der Waals surface area contributed by atoms with E-state index in [1.54, 1.807) is 13.8 Å². The fraction of sp³-hybridized carbons (Fsp3) is 1.00. The van der Waals surface area contributed by atoms with Crippen LogP contribution in [0.1, 0.15) is 13.8 Å². The van der Waals surface area contributed by atoms with Crippen LogP contribution in [-0.4, -0.2) is 43.4 Å². The van der Waals surface area contributed by atoms with E-state index >= 15 is 0 Å². The van der Waals surface area contributed by atoms with Gasteiger partial charge in [0.1, 0.15) is 0 Å². The molecule has 0 aliphatic carbocycles. The molecule has 4 nitrogen and oxygen atoms in total. The average Bonchev–Trinajstić information content (AvgIpc) is 1.99. The van der Waals surface area contributed by atoms with Gasteiger partial charge >= 0.3 is 15.5 Å². The van der Waals surface area contributed by atoms with Gasteiger partial charge in [0, 0.05) is 25.2 Å². The van der Waals surface area contributed by atoms with Crippen LogP contribution < -0.4 is 5.32 Å². The second-order valence-electron chi connectivity index (χ2n) is 3.74. The third-order valence-corrected chi connectivity index (χ3v) is 3.72. The van der Waals surface area contributed by atoms with E-state index in [2.05, 4.69) is 5.32 Å². The van der Waals surface area contributed by atoms with Crippen LogP contribution >= 0.6 is 0 Å². The molecule has 2 atom stereocenters. The predicted molar refractivity (Wildman–Crippen MR) is 48.6 cm³/mol. The minimum absolute atomic E-state index is 0.147. The zero-order valence-electron chi connectivity index (χ0n) is 8.37. The number of nitrogens with one attached hydrogen (secondary N) is 1. The summed E-state index contributed by atoms with van der Waals surface area (Å²) in [5, 5.41) is 2.96. The van der Waals surface area contributed by atoms with Gasteiger partial charge < -0.3 is 5.32 Å². The van der Waals surface area contributed by atoms with E-state index in [1.807, 2.05) is 0 Å². The van der Waals surface area contributed by atoms with Crippen molar-refractivity contribution in [3.05, 3.63) is 0 Å². The van der Waals surface area contributed by atoms with Crippen LogP contribution in [0.3, 0.4) is 0 Å². The van der Waals surface area contributed by atoms with E-state index in [9.17, 15) is 21.6 Å². The first kappa shape index (κ1) is 12.7. The zero-order valence-corrected chi connectivity index (χ0v) is 9.19. The van der Waals surface area contributed by atoms with Crippen molar-refractivity contribution < 1.29 is 21.6 Å². The normalized spacial score (nSPS) is 30.5. The summed E-state index contributed by atoms with van der Waals surface area (Å²) in [6.45, 7) is 3.00. The maximum absolute atomic E-state index is 12.2. The molecule has 8 heteroatoms. The maximum atomic E-state index is 12.2. The molecular weight excluding hydrogens is 233 g/mol. The molecule has 90 valence electrons. The second-order valence-corrected chi connectivity index (χ2v) is 5.67. The number of halogens is 3. The number of hydrogen-bond acceptors (Lipinski definition) is 3. The number of piperazine rings is 1. The van der Waals surface area contributed by atoms with Gasteiger partial charge in [-0.05, 0) is 13.8 Å². The quantitative estimate of drug-likeness (QED) is 0.733. The molecule has 1 heterocycles. The Morgan fingerprint density at radius 3 is 1.93 bits per heavy atom. The number of sulfonamides is 1. The highest BCUT2D eigenvalue weighted by molar-refractivity contribution is 7.90. The van der Waals surface area contributed by atoms with Crippen molar-refractivity contribution in [2.75, 3.05) is 13.1 Å². The summed E-state index contributed by atoms with van der Waals surface area (Å²) in [5.74, 6) is 0. The Bertz CT molecular complexity index is 318. The average molecular weight is 246 g/mol. The van der Waals surface area contributed by atoms with Crippen LogP contribution in [0.15, 0.2) is 0 Å². The van der Waals surface area contributed by atoms with Crippen LogP contribution in [0.4, 0.5) is 13.2 Å². The van der Waals surface area contributed by atoms with Crippen molar-refractivity contribution in [2.24, 2.45) is 0 Å². The first-order valence-electron chi connectivity index (χ1n) is 4.47. The van der Waals surface area contributed by atoms with Crippen molar-refractivity contribution in [1.29, 1.82) is 0 Å². The number of nitrogens with zero attached hydrogens (tertiary/aromatic N) is 1. The number of hydrogen-bond donors (Lipinski definition) is 1. The van der Waals surface area contributed by atoms with Gasteiger partial charge in [-0.15, -0.1) is 0 Å². The fourth-order valence-corrected chi connectivity index (χ4v) is 2.75. The van der Waals surface area contributed by atoms with Crippen LogP contribution in [-0.2, 0) is 10.0 Å². The molecule has 0 aromatic heterocycles. The van der Waals surface area contributed by atoms with Gasteiger partial charge in [0.2, 0.25) is 0 Å². The van der Waals surface area contributed by atoms with Gasteiger partial charge in [-0.3, -0.25) is 0 Å². The van der Waals surface area contributed by atoms with Crippen molar-refractivity contribution >= 4 is 10.0 Å². The van der Waals surface area contributed by atoms with Crippen LogP contribution in [0, 0.1) is 0 Å². The SMILES string of the molecule is CC1CN(S(=O)(=O)C(F)(F)F)CC(C)N1. The first-order valence-corrected chi connectivity index (χ1v) is 5.91. The predicted octanol–water partition coefficient (Wildman–Crippen LogP) is 0.518. The highest BCUT2D eigenvalue weighted by atomic mass is 32.2. The van der Waals surface area contributed by atoms with E-state index in [1.165, 1.54) is 0 Å². The third kappa shape index (κ3) is 2.61. The number of alkyl halides is 3. The Balaban J connectivity index is 2.89. The molecule has 0 amide bonds. The minimum Gasteiger partial charge on any atom is -0.309 e. The van der Waals surface area contributed by atoms with E-state index in [0.717, 1.165) is 0 Å². The highest BCUT2D eigenvalue weighted by Crippen LogP contribution is 2.27. The summed E-state index contributed by atoms with van der Waals surface area (Å²) in [5.41, 5.74) is -5.20. The van der Waals surface area contributed by atoms with Gasteiger partial charge in [-0.25, -0.2) is 8.42 Å². The molecule has 1 N–H and O–H groups in total. The largest absolute Gasteiger partial charge is 0.511 e. The van der Waals surface area contributed by atoms with E-state index in [4.69, 9.17) is 0 Å². The lowest BCUT2D eigenvalue weighted by Crippen LogP contribution is -2.57. The molecule has 1 rings (SSSR count). The van der Waals surface area contributed by atoms with Crippen molar-refractivity contribution in [3.8, 4) is 0 Å². The molecule has 0 radical (unpaired) electrons. The molecule has 1 fully saturated rings. The Morgan fingerprint density at radius 1 is 1.20 bits per heavy atom. The fourth-order valence-electron chi connectivity index (χ4n) is 1.62.